The second-order valence-electron chi connectivity index (χ2n) is 3.09. The van der Waals surface area contributed by atoms with Crippen molar-refractivity contribution in [3.8, 4) is 11.4 Å². The normalized spacial score (nSPS) is 10.8. The van der Waals surface area contributed by atoms with Crippen molar-refractivity contribution in [2.24, 2.45) is 12.8 Å². The average Bonchev–Trinajstić information content (AvgIpc) is 2.75. The van der Waals surface area contributed by atoms with E-state index in [1.807, 2.05) is 24.6 Å². The van der Waals surface area contributed by atoms with E-state index < -0.39 is 0 Å². The van der Waals surface area contributed by atoms with Crippen molar-refractivity contribution in [3.05, 3.63) is 23.9 Å². The van der Waals surface area contributed by atoms with Gasteiger partial charge in [-0.1, -0.05) is 0 Å². The summed E-state index contributed by atoms with van der Waals surface area (Å²) in [7, 11) is 1.91. The van der Waals surface area contributed by atoms with Crippen molar-refractivity contribution >= 4 is 0 Å². The molecule has 0 bridgehead atoms. The number of aromatic nitrogens is 3. The number of rotatable bonds is 2. The lowest BCUT2D eigenvalue weighted by molar-refractivity contribution is 0.513. The molecule has 2 rings (SSSR count). The summed E-state index contributed by atoms with van der Waals surface area (Å²) in [5.74, 6) is 2.39. The summed E-state index contributed by atoms with van der Waals surface area (Å²) >= 11 is 0. The van der Waals surface area contributed by atoms with Gasteiger partial charge in [-0.05, 0) is 13.0 Å². The van der Waals surface area contributed by atoms with Crippen molar-refractivity contribution in [2.45, 2.75) is 13.5 Å². The fourth-order valence-electron chi connectivity index (χ4n) is 1.34. The minimum atomic E-state index is 0.369. The third kappa shape index (κ3) is 1.22. The molecular weight excluding hydrogens is 180 g/mol. The highest BCUT2D eigenvalue weighted by Crippen LogP contribution is 2.22. The predicted molar refractivity (Wildman–Crippen MR) is 51.3 cm³/mol. The van der Waals surface area contributed by atoms with Crippen LogP contribution in [0.1, 0.15) is 11.6 Å². The summed E-state index contributed by atoms with van der Waals surface area (Å²) in [5.41, 5.74) is 6.45. The molecule has 0 amide bonds. The molecule has 0 saturated carbocycles. The largest absolute Gasteiger partial charge is 0.467 e. The second kappa shape index (κ2) is 3.26. The van der Waals surface area contributed by atoms with E-state index >= 15 is 0 Å². The van der Waals surface area contributed by atoms with Gasteiger partial charge in [-0.25, -0.2) is 0 Å². The predicted octanol–water partition coefficient (Wildman–Crippen LogP) is 0.842. The molecule has 0 saturated heterocycles. The average molecular weight is 192 g/mol. The smallest absolute Gasteiger partial charge is 0.167 e. The first kappa shape index (κ1) is 8.96. The standard InChI is InChI=1S/C9H12N4O/c1-6-11-12-9(13(6)2)7-3-4-14-8(7)5-10/h3-4H,5,10H2,1-2H3. The van der Waals surface area contributed by atoms with Crippen LogP contribution in [0.15, 0.2) is 16.7 Å². The molecule has 2 aromatic rings. The topological polar surface area (TPSA) is 69.9 Å². The van der Waals surface area contributed by atoms with E-state index in [1.54, 1.807) is 6.26 Å². The Morgan fingerprint density at radius 2 is 2.29 bits per heavy atom. The molecule has 5 heteroatoms. The van der Waals surface area contributed by atoms with Gasteiger partial charge in [0, 0.05) is 7.05 Å². The van der Waals surface area contributed by atoms with Gasteiger partial charge in [0.05, 0.1) is 18.4 Å². The first-order valence-corrected chi connectivity index (χ1v) is 4.37. The summed E-state index contributed by atoms with van der Waals surface area (Å²) in [6.45, 7) is 2.27. The minimum absolute atomic E-state index is 0.369. The number of furan rings is 1. The van der Waals surface area contributed by atoms with E-state index in [-0.39, 0.29) is 0 Å². The molecular formula is C9H12N4O. The molecule has 0 aliphatic rings. The molecule has 14 heavy (non-hydrogen) atoms. The highest BCUT2D eigenvalue weighted by molar-refractivity contribution is 5.57. The maximum absolute atomic E-state index is 5.54. The van der Waals surface area contributed by atoms with Crippen LogP contribution in [0.2, 0.25) is 0 Å². The molecule has 0 radical (unpaired) electrons. The van der Waals surface area contributed by atoms with E-state index in [2.05, 4.69) is 10.2 Å². The lowest BCUT2D eigenvalue weighted by Gasteiger charge is -2.00. The number of hydrogen-bond acceptors (Lipinski definition) is 4. The van der Waals surface area contributed by atoms with Gasteiger partial charge in [0.2, 0.25) is 0 Å². The van der Waals surface area contributed by atoms with E-state index in [1.165, 1.54) is 0 Å². The summed E-state index contributed by atoms with van der Waals surface area (Å²) in [5, 5.41) is 8.04. The first-order valence-electron chi connectivity index (χ1n) is 4.37. The van der Waals surface area contributed by atoms with Crippen LogP contribution in [0, 0.1) is 6.92 Å². The van der Waals surface area contributed by atoms with Gasteiger partial charge in [0.15, 0.2) is 5.82 Å². The molecule has 5 nitrogen and oxygen atoms in total. The number of aryl methyl sites for hydroxylation is 1. The zero-order valence-electron chi connectivity index (χ0n) is 8.19. The molecule has 0 spiro atoms. The number of nitrogens with zero attached hydrogens (tertiary/aromatic N) is 3. The van der Waals surface area contributed by atoms with Crippen LogP contribution in [0.4, 0.5) is 0 Å². The zero-order valence-corrected chi connectivity index (χ0v) is 8.19. The molecule has 0 atom stereocenters. The van der Waals surface area contributed by atoms with Crippen molar-refractivity contribution in [1.82, 2.24) is 14.8 Å². The van der Waals surface area contributed by atoms with E-state index in [9.17, 15) is 0 Å². The fourth-order valence-corrected chi connectivity index (χ4v) is 1.34. The van der Waals surface area contributed by atoms with Gasteiger partial charge in [0.25, 0.3) is 0 Å². The zero-order chi connectivity index (χ0) is 10.1. The SMILES string of the molecule is Cc1nnc(-c2ccoc2CN)n1C. The summed E-state index contributed by atoms with van der Waals surface area (Å²) in [4.78, 5) is 0. The molecule has 0 aliphatic carbocycles. The molecule has 0 unspecified atom stereocenters. The lowest BCUT2D eigenvalue weighted by Crippen LogP contribution is -2.00. The maximum atomic E-state index is 5.54. The molecule has 2 aromatic heterocycles. The molecule has 2 heterocycles. The van der Waals surface area contributed by atoms with E-state index in [0.29, 0.717) is 6.54 Å². The number of nitrogens with two attached hydrogens (primary N) is 1. The Hall–Kier alpha value is -1.62. The van der Waals surface area contributed by atoms with Crippen LogP contribution < -0.4 is 5.73 Å². The van der Waals surface area contributed by atoms with Crippen molar-refractivity contribution in [2.75, 3.05) is 0 Å². The highest BCUT2D eigenvalue weighted by atomic mass is 16.3. The van der Waals surface area contributed by atoms with Gasteiger partial charge in [0.1, 0.15) is 11.6 Å². The molecule has 0 fully saturated rings. The van der Waals surface area contributed by atoms with Crippen molar-refractivity contribution in [1.29, 1.82) is 0 Å². The molecule has 2 N–H and O–H groups in total. The Bertz CT molecular complexity index is 443. The van der Waals surface area contributed by atoms with Crippen LogP contribution in [0.3, 0.4) is 0 Å². The third-order valence-corrected chi connectivity index (χ3v) is 2.26. The Morgan fingerprint density at radius 1 is 1.50 bits per heavy atom. The monoisotopic (exact) mass is 192 g/mol. The maximum Gasteiger partial charge on any atom is 0.167 e. The van der Waals surface area contributed by atoms with Crippen LogP contribution in [0.5, 0.6) is 0 Å². The van der Waals surface area contributed by atoms with Crippen LogP contribution in [0.25, 0.3) is 11.4 Å². The number of hydrogen-bond donors (Lipinski definition) is 1. The molecule has 0 aliphatic heterocycles. The van der Waals surface area contributed by atoms with E-state index in [4.69, 9.17) is 10.2 Å². The van der Waals surface area contributed by atoms with Gasteiger partial charge in [-0.2, -0.15) is 0 Å². The van der Waals surface area contributed by atoms with Crippen LogP contribution in [-0.4, -0.2) is 14.8 Å². The Labute approximate surface area is 81.5 Å². The quantitative estimate of drug-likeness (QED) is 0.765. The Morgan fingerprint density at radius 3 is 2.86 bits per heavy atom. The van der Waals surface area contributed by atoms with E-state index in [0.717, 1.165) is 23.0 Å². The third-order valence-electron chi connectivity index (χ3n) is 2.26. The molecule has 74 valence electrons. The Kier molecular flexibility index (Phi) is 2.09. The van der Waals surface area contributed by atoms with Crippen LogP contribution in [-0.2, 0) is 13.6 Å². The van der Waals surface area contributed by atoms with Gasteiger partial charge < -0.3 is 14.7 Å². The van der Waals surface area contributed by atoms with Gasteiger partial charge in [-0.3, -0.25) is 0 Å². The summed E-state index contributed by atoms with van der Waals surface area (Å²) < 4.78 is 7.13. The minimum Gasteiger partial charge on any atom is -0.467 e. The summed E-state index contributed by atoms with van der Waals surface area (Å²) in [6, 6.07) is 1.85. The molecule has 0 aromatic carbocycles. The first-order chi connectivity index (χ1) is 6.74. The highest BCUT2D eigenvalue weighted by Gasteiger charge is 2.13. The lowest BCUT2D eigenvalue weighted by atomic mass is 10.2. The van der Waals surface area contributed by atoms with Gasteiger partial charge in [-0.15, -0.1) is 10.2 Å². The second-order valence-corrected chi connectivity index (χ2v) is 3.09. The fraction of sp³-hybridized carbons (Fsp3) is 0.333. The van der Waals surface area contributed by atoms with Gasteiger partial charge >= 0.3 is 0 Å². The van der Waals surface area contributed by atoms with Crippen molar-refractivity contribution in [3.63, 3.8) is 0 Å². The van der Waals surface area contributed by atoms with Crippen molar-refractivity contribution < 1.29 is 4.42 Å². The Balaban J connectivity index is 2.54. The van der Waals surface area contributed by atoms with Crippen LogP contribution >= 0.6 is 0 Å². The summed E-state index contributed by atoms with van der Waals surface area (Å²) in [6.07, 6.45) is 1.61.